The highest BCUT2D eigenvalue weighted by molar-refractivity contribution is 8.00. The average molecular weight is 396 g/mol. The van der Waals surface area contributed by atoms with E-state index in [0.717, 1.165) is 9.79 Å². The van der Waals surface area contributed by atoms with Crippen LogP contribution in [0.3, 0.4) is 0 Å². The van der Waals surface area contributed by atoms with Gasteiger partial charge in [0.2, 0.25) is 0 Å². The van der Waals surface area contributed by atoms with E-state index in [2.05, 4.69) is 5.32 Å². The second kappa shape index (κ2) is 9.75. The summed E-state index contributed by atoms with van der Waals surface area (Å²) >= 11 is 8.72. The second-order valence-electron chi connectivity index (χ2n) is 5.07. The van der Waals surface area contributed by atoms with E-state index < -0.39 is 11.2 Å². The molecule has 1 atom stereocenters. The zero-order valence-corrected chi connectivity index (χ0v) is 16.2. The molecule has 25 heavy (non-hydrogen) atoms. The van der Waals surface area contributed by atoms with E-state index in [1.165, 1.54) is 23.5 Å². The van der Waals surface area contributed by atoms with E-state index in [4.69, 9.17) is 16.3 Å². The molecule has 0 bridgehead atoms. The van der Waals surface area contributed by atoms with E-state index in [1.807, 2.05) is 42.7 Å². The van der Waals surface area contributed by atoms with Crippen LogP contribution in [0.2, 0.25) is 5.02 Å². The summed E-state index contributed by atoms with van der Waals surface area (Å²) in [6.07, 6.45) is 1.93. The first-order chi connectivity index (χ1) is 12.0. The zero-order valence-electron chi connectivity index (χ0n) is 13.8. The Morgan fingerprint density at radius 3 is 2.52 bits per heavy atom. The Hall–Kier alpha value is -1.63. The summed E-state index contributed by atoms with van der Waals surface area (Å²) in [5.41, 5.74) is 0.708. The quantitative estimate of drug-likeness (QED) is 0.542. The fourth-order valence-corrected chi connectivity index (χ4v) is 3.50. The molecule has 0 aliphatic rings. The number of rotatable bonds is 7. The van der Waals surface area contributed by atoms with Gasteiger partial charge in [-0.05, 0) is 49.6 Å². The van der Waals surface area contributed by atoms with Crippen LogP contribution >= 0.6 is 35.1 Å². The molecule has 2 rings (SSSR count). The van der Waals surface area contributed by atoms with E-state index >= 15 is 0 Å². The highest BCUT2D eigenvalue weighted by Crippen LogP contribution is 2.26. The molecule has 2 aromatic carbocycles. The second-order valence-corrected chi connectivity index (χ2v) is 7.77. The number of esters is 1. The van der Waals surface area contributed by atoms with Crippen LogP contribution in [0, 0.1) is 0 Å². The van der Waals surface area contributed by atoms with Crippen molar-refractivity contribution in [2.45, 2.75) is 22.0 Å². The van der Waals surface area contributed by atoms with Crippen LogP contribution in [0.25, 0.3) is 0 Å². The SMILES string of the molecule is CSc1ccccc1NC(=O)COC(=O)[C@@H](C)Sc1ccc(Cl)cc1. The lowest BCUT2D eigenvalue weighted by Gasteiger charge is -2.12. The van der Waals surface area contributed by atoms with Crippen LogP contribution in [0.15, 0.2) is 58.3 Å². The molecule has 1 amide bonds. The first-order valence-corrected chi connectivity index (χ1v) is 9.99. The van der Waals surface area contributed by atoms with Crippen LogP contribution in [-0.4, -0.2) is 30.0 Å². The van der Waals surface area contributed by atoms with Gasteiger partial charge in [-0.3, -0.25) is 9.59 Å². The maximum atomic E-state index is 12.0. The normalized spacial score (nSPS) is 11.6. The van der Waals surface area contributed by atoms with Crippen molar-refractivity contribution in [1.29, 1.82) is 0 Å². The zero-order chi connectivity index (χ0) is 18.2. The summed E-state index contributed by atoms with van der Waals surface area (Å²) in [5.74, 6) is -0.799. The van der Waals surface area contributed by atoms with Crippen molar-refractivity contribution < 1.29 is 14.3 Å². The van der Waals surface area contributed by atoms with Crippen LogP contribution < -0.4 is 5.32 Å². The number of ether oxygens (including phenoxy) is 1. The summed E-state index contributed by atoms with van der Waals surface area (Å²) < 4.78 is 5.10. The summed E-state index contributed by atoms with van der Waals surface area (Å²) in [6, 6.07) is 14.7. The Bertz CT molecular complexity index is 737. The van der Waals surface area contributed by atoms with Gasteiger partial charge in [0.15, 0.2) is 6.61 Å². The number of thioether (sulfide) groups is 2. The minimum atomic E-state index is -0.437. The van der Waals surface area contributed by atoms with Gasteiger partial charge in [-0.15, -0.1) is 23.5 Å². The summed E-state index contributed by atoms with van der Waals surface area (Å²) in [7, 11) is 0. The molecule has 0 aliphatic heterocycles. The summed E-state index contributed by atoms with van der Waals surface area (Å²) in [6.45, 7) is 1.43. The maximum absolute atomic E-state index is 12.0. The predicted molar refractivity (Wildman–Crippen MR) is 105 cm³/mol. The number of carbonyl (C=O) groups is 2. The number of halogens is 1. The van der Waals surface area contributed by atoms with Crippen LogP contribution in [-0.2, 0) is 14.3 Å². The lowest BCUT2D eigenvalue weighted by Crippen LogP contribution is -2.25. The van der Waals surface area contributed by atoms with Gasteiger partial charge in [0.05, 0.1) is 5.69 Å². The van der Waals surface area contributed by atoms with Crippen molar-refractivity contribution in [2.75, 3.05) is 18.2 Å². The van der Waals surface area contributed by atoms with Gasteiger partial charge in [-0.25, -0.2) is 0 Å². The highest BCUT2D eigenvalue weighted by atomic mass is 35.5. The van der Waals surface area contributed by atoms with Gasteiger partial charge in [0.1, 0.15) is 5.25 Å². The van der Waals surface area contributed by atoms with Gasteiger partial charge in [0, 0.05) is 14.8 Å². The fraction of sp³-hybridized carbons (Fsp3) is 0.222. The number of benzene rings is 2. The topological polar surface area (TPSA) is 55.4 Å². The smallest absolute Gasteiger partial charge is 0.319 e. The first kappa shape index (κ1) is 19.7. The molecule has 0 aromatic heterocycles. The summed E-state index contributed by atoms with van der Waals surface area (Å²) in [4.78, 5) is 25.9. The highest BCUT2D eigenvalue weighted by Gasteiger charge is 2.17. The molecule has 0 heterocycles. The van der Waals surface area contributed by atoms with Gasteiger partial charge in [-0.1, -0.05) is 23.7 Å². The number of amides is 1. The van der Waals surface area contributed by atoms with Gasteiger partial charge in [0.25, 0.3) is 5.91 Å². The number of hydrogen-bond donors (Lipinski definition) is 1. The van der Waals surface area contributed by atoms with E-state index in [-0.39, 0.29) is 12.5 Å². The van der Waals surface area contributed by atoms with E-state index in [0.29, 0.717) is 10.7 Å². The van der Waals surface area contributed by atoms with Crippen molar-refractivity contribution in [2.24, 2.45) is 0 Å². The number of anilines is 1. The lowest BCUT2D eigenvalue weighted by atomic mass is 10.3. The molecule has 0 radical (unpaired) electrons. The van der Waals surface area contributed by atoms with E-state index in [1.54, 1.807) is 19.1 Å². The molecular formula is C18H18ClNO3S2. The van der Waals surface area contributed by atoms with Gasteiger partial charge >= 0.3 is 5.97 Å². The number of para-hydroxylation sites is 1. The first-order valence-electron chi connectivity index (χ1n) is 7.51. The Morgan fingerprint density at radius 1 is 1.16 bits per heavy atom. The van der Waals surface area contributed by atoms with Crippen LogP contribution in [0.5, 0.6) is 0 Å². The Kier molecular flexibility index (Phi) is 7.68. The molecule has 0 aliphatic carbocycles. The van der Waals surface area contributed by atoms with Crippen LogP contribution in [0.4, 0.5) is 5.69 Å². The van der Waals surface area contributed by atoms with Crippen molar-refractivity contribution >= 4 is 52.7 Å². The third kappa shape index (κ3) is 6.30. The minimum Gasteiger partial charge on any atom is -0.455 e. The largest absolute Gasteiger partial charge is 0.455 e. The molecule has 0 unspecified atom stereocenters. The molecule has 132 valence electrons. The van der Waals surface area contributed by atoms with Crippen molar-refractivity contribution in [3.63, 3.8) is 0 Å². The fourth-order valence-electron chi connectivity index (χ4n) is 1.95. The molecule has 0 saturated heterocycles. The van der Waals surface area contributed by atoms with Crippen molar-refractivity contribution in [1.82, 2.24) is 0 Å². The Balaban J connectivity index is 1.82. The third-order valence-electron chi connectivity index (χ3n) is 3.19. The molecule has 0 fully saturated rings. The Labute approximate surface area is 160 Å². The van der Waals surface area contributed by atoms with Crippen LogP contribution in [0.1, 0.15) is 6.92 Å². The molecule has 2 aromatic rings. The number of carbonyl (C=O) groups excluding carboxylic acids is 2. The maximum Gasteiger partial charge on any atom is 0.319 e. The predicted octanol–water partition coefficient (Wildman–Crippen LogP) is 4.72. The van der Waals surface area contributed by atoms with Crippen molar-refractivity contribution in [3.05, 3.63) is 53.6 Å². The van der Waals surface area contributed by atoms with Gasteiger partial charge in [-0.2, -0.15) is 0 Å². The average Bonchev–Trinajstić information content (AvgIpc) is 2.62. The van der Waals surface area contributed by atoms with Crippen molar-refractivity contribution in [3.8, 4) is 0 Å². The van der Waals surface area contributed by atoms with E-state index in [9.17, 15) is 9.59 Å². The molecular weight excluding hydrogens is 378 g/mol. The minimum absolute atomic E-state index is 0.312. The third-order valence-corrected chi connectivity index (χ3v) is 5.32. The standard InChI is InChI=1S/C18H18ClNO3S2/c1-12(25-14-9-7-13(19)8-10-14)18(22)23-11-17(21)20-15-5-3-4-6-16(15)24-2/h3-10,12H,11H2,1-2H3,(H,20,21)/t12-/m1/s1. The molecule has 0 saturated carbocycles. The molecule has 1 N–H and O–H groups in total. The number of hydrogen-bond acceptors (Lipinski definition) is 5. The van der Waals surface area contributed by atoms with Gasteiger partial charge < -0.3 is 10.1 Å². The lowest BCUT2D eigenvalue weighted by molar-refractivity contribution is -0.146. The summed E-state index contributed by atoms with van der Waals surface area (Å²) in [5, 5.41) is 2.97. The number of nitrogens with one attached hydrogen (secondary N) is 1. The molecule has 4 nitrogen and oxygen atoms in total. The molecule has 0 spiro atoms. The molecule has 7 heteroatoms. The monoisotopic (exact) mass is 395 g/mol. The Morgan fingerprint density at radius 2 is 1.84 bits per heavy atom.